The average molecular weight is 176 g/mol. The van der Waals surface area contributed by atoms with Gasteiger partial charge in [0.25, 0.3) is 0 Å². The van der Waals surface area contributed by atoms with Crippen LogP contribution in [0.3, 0.4) is 0 Å². The summed E-state index contributed by atoms with van der Waals surface area (Å²) < 4.78 is 26.9. The molecule has 1 N–H and O–H groups in total. The summed E-state index contributed by atoms with van der Waals surface area (Å²) in [4.78, 5) is 7.10. The molecule has 0 aliphatic rings. The topological polar surface area (TPSA) is 72.8 Å². The second-order valence-corrected chi connectivity index (χ2v) is 2.29. The van der Waals surface area contributed by atoms with Gasteiger partial charge in [-0.15, -0.1) is 0 Å². The molecule has 0 aliphatic heterocycles. The van der Waals surface area contributed by atoms with E-state index in [1.165, 1.54) is 14.2 Å². The Balaban J connectivity index is 0. The number of hydrogen-bond acceptors (Lipinski definition) is 4. The molecule has 0 amide bonds. The van der Waals surface area contributed by atoms with E-state index in [0.717, 1.165) is 0 Å². The summed E-state index contributed by atoms with van der Waals surface area (Å²) in [5.41, 5.74) is 0. The van der Waals surface area contributed by atoms with Crippen molar-refractivity contribution < 1.29 is 23.1 Å². The molecule has 7 heteroatoms. The highest BCUT2D eigenvalue weighted by molar-refractivity contribution is 7.33. The molecule has 0 aromatic heterocycles. The molecule has 0 radical (unpaired) electrons. The standard InChI is InChI=1S/C2H7O3P.H3O2P/c1-4-6(3)5-2;1-3-2/h6H,1-2H3;3H2,(H,1,2). The smallest absolute Gasteiger partial charge is 0.318 e. The Morgan fingerprint density at radius 2 is 1.67 bits per heavy atom. The van der Waals surface area contributed by atoms with Gasteiger partial charge in [-0.25, -0.2) is 0 Å². The fourth-order valence-corrected chi connectivity index (χ4v) is 0.250. The van der Waals surface area contributed by atoms with Gasteiger partial charge in [0.05, 0.1) is 0 Å². The second-order valence-electron chi connectivity index (χ2n) is 0.764. The molecule has 58 valence electrons. The predicted octanol–water partition coefficient (Wildman–Crippen LogP) is 0.319. The van der Waals surface area contributed by atoms with E-state index in [9.17, 15) is 4.57 Å². The Kier molecular flexibility index (Phi) is 15.0. The largest absolute Gasteiger partial charge is 0.348 e. The van der Waals surface area contributed by atoms with Crippen LogP contribution in [0.15, 0.2) is 0 Å². The fourth-order valence-electron chi connectivity index (χ4n) is 0.0833. The third-order valence-corrected chi connectivity index (χ3v) is 1.00. The number of rotatable bonds is 2. The van der Waals surface area contributed by atoms with Gasteiger partial charge in [0.1, 0.15) is 0 Å². The Morgan fingerprint density at radius 1 is 1.44 bits per heavy atom. The molecule has 1 atom stereocenters. The minimum absolute atomic E-state index is 1.34. The van der Waals surface area contributed by atoms with Crippen LogP contribution in [0.1, 0.15) is 0 Å². The third kappa shape index (κ3) is 17.8. The van der Waals surface area contributed by atoms with Crippen molar-refractivity contribution in [2.75, 3.05) is 14.2 Å². The Morgan fingerprint density at radius 3 is 1.67 bits per heavy atom. The lowest BCUT2D eigenvalue weighted by atomic mass is 11.8. The summed E-state index contributed by atoms with van der Waals surface area (Å²) in [5.74, 6) is 0. The molecular formula is C2H10O5P2. The monoisotopic (exact) mass is 176 g/mol. The molecule has 9 heavy (non-hydrogen) atoms. The van der Waals surface area contributed by atoms with Crippen LogP contribution >= 0.6 is 16.9 Å². The van der Waals surface area contributed by atoms with Gasteiger partial charge in [-0.2, -0.15) is 0 Å². The van der Waals surface area contributed by atoms with Crippen molar-refractivity contribution in [3.05, 3.63) is 0 Å². The first-order valence-electron chi connectivity index (χ1n) is 1.92. The molecule has 0 saturated heterocycles. The summed E-state index contributed by atoms with van der Waals surface area (Å²) in [6.07, 6.45) is 0. The molecule has 0 rings (SSSR count). The molecule has 0 aromatic carbocycles. The molecule has 0 bridgehead atoms. The summed E-state index contributed by atoms with van der Waals surface area (Å²) in [6.45, 7) is 0. The van der Waals surface area contributed by atoms with Gasteiger partial charge in [-0.1, -0.05) is 0 Å². The van der Waals surface area contributed by atoms with Crippen LogP contribution in [0.2, 0.25) is 0 Å². The van der Waals surface area contributed by atoms with Crippen molar-refractivity contribution in [1.29, 1.82) is 0 Å². The Labute approximate surface area is 55.2 Å². The van der Waals surface area contributed by atoms with Gasteiger partial charge in [-0.05, 0) is 0 Å². The zero-order valence-corrected chi connectivity index (χ0v) is 7.31. The first-order valence-corrected chi connectivity index (χ1v) is 4.14. The van der Waals surface area contributed by atoms with Crippen LogP contribution in [-0.4, -0.2) is 19.1 Å². The van der Waals surface area contributed by atoms with Gasteiger partial charge in [0.15, 0.2) is 8.69 Å². The van der Waals surface area contributed by atoms with Gasteiger partial charge in [0, 0.05) is 14.2 Å². The molecule has 0 spiro atoms. The van der Waals surface area contributed by atoms with Gasteiger partial charge in [0.2, 0.25) is 0 Å². The maximum absolute atomic E-state index is 9.92. The summed E-state index contributed by atoms with van der Waals surface area (Å²) in [5, 5.41) is 0. The second kappa shape index (κ2) is 11.2. The summed E-state index contributed by atoms with van der Waals surface area (Å²) >= 11 is 0. The van der Waals surface area contributed by atoms with Crippen LogP contribution in [0.4, 0.5) is 0 Å². The van der Waals surface area contributed by atoms with Crippen LogP contribution in [0, 0.1) is 0 Å². The van der Waals surface area contributed by atoms with Gasteiger partial charge >= 0.3 is 8.25 Å². The van der Waals surface area contributed by atoms with Crippen molar-refractivity contribution in [3.8, 4) is 0 Å². The van der Waals surface area contributed by atoms with E-state index in [0.29, 0.717) is 0 Å². The maximum atomic E-state index is 9.92. The molecule has 5 nitrogen and oxygen atoms in total. The Bertz CT molecular complexity index is 77.0. The lowest BCUT2D eigenvalue weighted by Crippen LogP contribution is -1.66. The predicted molar refractivity (Wildman–Crippen MR) is 35.6 cm³/mol. The van der Waals surface area contributed by atoms with Gasteiger partial charge in [-0.3, -0.25) is 9.13 Å². The SMILES string of the molecule is CO[PH](=O)OC.O=[PH2]O. The molecule has 1 unspecified atom stereocenters. The van der Waals surface area contributed by atoms with Crippen LogP contribution in [-0.2, 0) is 18.2 Å². The van der Waals surface area contributed by atoms with Crippen molar-refractivity contribution in [2.45, 2.75) is 0 Å². The molecule has 0 saturated carbocycles. The van der Waals surface area contributed by atoms with Crippen molar-refractivity contribution in [1.82, 2.24) is 0 Å². The first-order chi connectivity index (χ1) is 4.22. The lowest BCUT2D eigenvalue weighted by molar-refractivity contribution is 0.302. The minimum atomic E-state index is -2.12. The zero-order chi connectivity index (χ0) is 7.70. The summed E-state index contributed by atoms with van der Waals surface area (Å²) in [6, 6.07) is 0. The quantitative estimate of drug-likeness (QED) is 0.613. The highest BCUT2D eigenvalue weighted by Crippen LogP contribution is 2.18. The van der Waals surface area contributed by atoms with E-state index >= 15 is 0 Å². The molecular weight excluding hydrogens is 166 g/mol. The van der Waals surface area contributed by atoms with Crippen LogP contribution in [0.5, 0.6) is 0 Å². The van der Waals surface area contributed by atoms with E-state index in [4.69, 9.17) is 9.46 Å². The molecule has 0 heterocycles. The van der Waals surface area contributed by atoms with E-state index in [1.54, 1.807) is 0 Å². The van der Waals surface area contributed by atoms with Crippen molar-refractivity contribution in [3.63, 3.8) is 0 Å². The summed E-state index contributed by atoms with van der Waals surface area (Å²) in [7, 11) is -0.942. The fraction of sp³-hybridized carbons (Fsp3) is 1.00. The highest BCUT2D eigenvalue weighted by Gasteiger charge is 1.83. The van der Waals surface area contributed by atoms with E-state index in [1.807, 2.05) is 0 Å². The normalized spacial score (nSPS) is 9.78. The Hall–Kier alpha value is 0.340. The van der Waals surface area contributed by atoms with Gasteiger partial charge < -0.3 is 13.9 Å². The molecule has 0 aromatic rings. The minimum Gasteiger partial charge on any atom is -0.348 e. The molecule has 0 aliphatic carbocycles. The van der Waals surface area contributed by atoms with Crippen LogP contribution < -0.4 is 0 Å². The lowest BCUT2D eigenvalue weighted by Gasteiger charge is -1.89. The highest BCUT2D eigenvalue weighted by atomic mass is 31.1. The first kappa shape index (κ1) is 12.1. The third-order valence-electron chi connectivity index (χ3n) is 0.333. The van der Waals surface area contributed by atoms with Crippen molar-refractivity contribution in [2.24, 2.45) is 0 Å². The van der Waals surface area contributed by atoms with Crippen molar-refractivity contribution >= 4 is 16.9 Å². The maximum Gasteiger partial charge on any atom is 0.318 e. The van der Waals surface area contributed by atoms with E-state index in [-0.39, 0.29) is 0 Å². The molecule has 0 fully saturated rings. The number of hydrogen-bond donors (Lipinski definition) is 1. The zero-order valence-electron chi connectivity index (χ0n) is 5.16. The van der Waals surface area contributed by atoms with E-state index in [2.05, 4.69) is 9.05 Å². The average Bonchev–Trinajstić information content (AvgIpc) is 1.88. The van der Waals surface area contributed by atoms with Crippen LogP contribution in [0.25, 0.3) is 0 Å². The van der Waals surface area contributed by atoms with E-state index < -0.39 is 16.9 Å².